The number of carbonyl (C=O) groups excluding carboxylic acids is 1. The third-order valence-electron chi connectivity index (χ3n) is 3.68. The standard InChI is InChI=1S/C20H18ClN3O2/c1-26-18-9-7-15(21)12-17(18)23-16-8-10-19(22-13-16)24-20(25)11-14-5-3-2-4-6-14/h2-10,12-13,23H,11H2,1H3,(H,22,24,25). The lowest BCUT2D eigenvalue weighted by Crippen LogP contribution is -2.15. The van der Waals surface area contributed by atoms with Gasteiger partial charge in [-0.25, -0.2) is 4.98 Å². The summed E-state index contributed by atoms with van der Waals surface area (Å²) < 4.78 is 5.31. The lowest BCUT2D eigenvalue weighted by atomic mass is 10.1. The van der Waals surface area contributed by atoms with Gasteiger partial charge in [0, 0.05) is 5.02 Å². The van der Waals surface area contributed by atoms with Crippen molar-refractivity contribution in [3.8, 4) is 5.75 Å². The number of nitrogens with one attached hydrogen (secondary N) is 2. The quantitative estimate of drug-likeness (QED) is 0.664. The van der Waals surface area contributed by atoms with E-state index >= 15 is 0 Å². The van der Waals surface area contributed by atoms with Gasteiger partial charge < -0.3 is 15.4 Å². The molecule has 5 nitrogen and oxygen atoms in total. The first-order chi connectivity index (χ1) is 12.6. The molecule has 0 bridgehead atoms. The summed E-state index contributed by atoms with van der Waals surface area (Å²) >= 11 is 6.03. The molecule has 0 spiro atoms. The van der Waals surface area contributed by atoms with Crippen molar-refractivity contribution in [1.29, 1.82) is 0 Å². The average Bonchev–Trinajstić information content (AvgIpc) is 2.64. The molecule has 0 aliphatic carbocycles. The fourth-order valence-electron chi connectivity index (χ4n) is 2.44. The van der Waals surface area contributed by atoms with Gasteiger partial charge in [-0.2, -0.15) is 0 Å². The Morgan fingerprint density at radius 3 is 2.62 bits per heavy atom. The largest absolute Gasteiger partial charge is 0.495 e. The SMILES string of the molecule is COc1ccc(Cl)cc1Nc1ccc(NC(=O)Cc2ccccc2)nc1. The Hall–Kier alpha value is -3.05. The van der Waals surface area contributed by atoms with Crippen LogP contribution in [0.5, 0.6) is 5.75 Å². The van der Waals surface area contributed by atoms with Gasteiger partial charge >= 0.3 is 0 Å². The van der Waals surface area contributed by atoms with Crippen LogP contribution in [0.4, 0.5) is 17.2 Å². The molecule has 3 aromatic rings. The highest BCUT2D eigenvalue weighted by Crippen LogP contribution is 2.30. The van der Waals surface area contributed by atoms with Crippen LogP contribution >= 0.6 is 11.6 Å². The number of aromatic nitrogens is 1. The van der Waals surface area contributed by atoms with Crippen molar-refractivity contribution < 1.29 is 9.53 Å². The molecule has 0 saturated heterocycles. The minimum Gasteiger partial charge on any atom is -0.495 e. The lowest BCUT2D eigenvalue weighted by Gasteiger charge is -2.12. The summed E-state index contributed by atoms with van der Waals surface area (Å²) in [6.45, 7) is 0. The normalized spacial score (nSPS) is 10.2. The maximum atomic E-state index is 12.1. The molecule has 0 aliphatic rings. The smallest absolute Gasteiger partial charge is 0.229 e. The van der Waals surface area contributed by atoms with E-state index in [1.165, 1.54) is 0 Å². The third-order valence-corrected chi connectivity index (χ3v) is 3.91. The van der Waals surface area contributed by atoms with E-state index in [0.29, 0.717) is 23.0 Å². The molecule has 6 heteroatoms. The molecule has 0 radical (unpaired) electrons. The van der Waals surface area contributed by atoms with Gasteiger partial charge in [0.25, 0.3) is 0 Å². The van der Waals surface area contributed by atoms with Crippen LogP contribution < -0.4 is 15.4 Å². The van der Waals surface area contributed by atoms with E-state index in [1.807, 2.05) is 36.4 Å². The number of amides is 1. The second kappa shape index (κ2) is 8.36. The van der Waals surface area contributed by atoms with Crippen molar-refractivity contribution in [2.24, 2.45) is 0 Å². The fourth-order valence-corrected chi connectivity index (χ4v) is 2.62. The Balaban J connectivity index is 1.63. The first-order valence-corrected chi connectivity index (χ1v) is 8.42. The van der Waals surface area contributed by atoms with Gasteiger partial charge in [0.1, 0.15) is 11.6 Å². The van der Waals surface area contributed by atoms with E-state index < -0.39 is 0 Å². The number of hydrogen-bond donors (Lipinski definition) is 2. The predicted molar refractivity (Wildman–Crippen MR) is 104 cm³/mol. The first kappa shape index (κ1) is 17.8. The van der Waals surface area contributed by atoms with Crippen molar-refractivity contribution in [2.75, 3.05) is 17.7 Å². The molecule has 3 rings (SSSR count). The molecule has 132 valence electrons. The van der Waals surface area contributed by atoms with Crippen LogP contribution in [0.15, 0.2) is 66.9 Å². The van der Waals surface area contributed by atoms with Gasteiger partial charge in [-0.15, -0.1) is 0 Å². The molecule has 1 aromatic heterocycles. The summed E-state index contributed by atoms with van der Waals surface area (Å²) in [6.07, 6.45) is 1.95. The van der Waals surface area contributed by atoms with Crippen LogP contribution in [-0.2, 0) is 11.2 Å². The monoisotopic (exact) mass is 367 g/mol. The topological polar surface area (TPSA) is 63.2 Å². The van der Waals surface area contributed by atoms with E-state index in [2.05, 4.69) is 15.6 Å². The zero-order chi connectivity index (χ0) is 18.4. The number of rotatable bonds is 6. The predicted octanol–water partition coefficient (Wildman–Crippen LogP) is 4.67. The van der Waals surface area contributed by atoms with Crippen LogP contribution in [0.1, 0.15) is 5.56 Å². The number of carbonyl (C=O) groups is 1. The van der Waals surface area contributed by atoms with Crippen molar-refractivity contribution in [1.82, 2.24) is 4.98 Å². The zero-order valence-corrected chi connectivity index (χ0v) is 15.0. The van der Waals surface area contributed by atoms with E-state index in [4.69, 9.17) is 16.3 Å². The van der Waals surface area contributed by atoms with Crippen LogP contribution in [-0.4, -0.2) is 18.0 Å². The molecule has 26 heavy (non-hydrogen) atoms. The zero-order valence-electron chi connectivity index (χ0n) is 14.2. The minimum atomic E-state index is -0.110. The van der Waals surface area contributed by atoms with Gasteiger partial charge in [0.05, 0.1) is 31.1 Å². The Labute approximate surface area is 157 Å². The molecule has 0 unspecified atom stereocenters. The van der Waals surface area contributed by atoms with Crippen molar-refractivity contribution in [2.45, 2.75) is 6.42 Å². The van der Waals surface area contributed by atoms with E-state index in [1.54, 1.807) is 37.6 Å². The lowest BCUT2D eigenvalue weighted by molar-refractivity contribution is -0.115. The molecule has 0 aliphatic heterocycles. The Morgan fingerprint density at radius 2 is 1.92 bits per heavy atom. The van der Waals surface area contributed by atoms with Crippen LogP contribution in [0, 0.1) is 0 Å². The van der Waals surface area contributed by atoms with Gasteiger partial charge in [-0.05, 0) is 35.9 Å². The molecular formula is C20H18ClN3O2. The van der Waals surface area contributed by atoms with E-state index in [9.17, 15) is 4.79 Å². The second-order valence-electron chi connectivity index (χ2n) is 5.61. The molecule has 1 amide bonds. The maximum Gasteiger partial charge on any atom is 0.229 e. The number of halogens is 1. The third kappa shape index (κ3) is 4.74. The average molecular weight is 368 g/mol. The molecule has 0 saturated carbocycles. The molecule has 2 N–H and O–H groups in total. The van der Waals surface area contributed by atoms with Gasteiger partial charge in [-0.3, -0.25) is 4.79 Å². The highest BCUT2D eigenvalue weighted by Gasteiger charge is 2.07. The molecule has 0 fully saturated rings. The number of nitrogens with zero attached hydrogens (tertiary/aromatic N) is 1. The first-order valence-electron chi connectivity index (χ1n) is 8.04. The van der Waals surface area contributed by atoms with Crippen molar-refractivity contribution in [3.63, 3.8) is 0 Å². The minimum absolute atomic E-state index is 0.110. The van der Waals surface area contributed by atoms with Crippen molar-refractivity contribution >= 4 is 34.7 Å². The molecule has 0 atom stereocenters. The number of ether oxygens (including phenoxy) is 1. The summed E-state index contributed by atoms with van der Waals surface area (Å²) in [4.78, 5) is 16.3. The Bertz CT molecular complexity index is 883. The van der Waals surface area contributed by atoms with E-state index in [0.717, 1.165) is 16.9 Å². The van der Waals surface area contributed by atoms with Gasteiger partial charge in [0.2, 0.25) is 5.91 Å². The summed E-state index contributed by atoms with van der Waals surface area (Å²) in [5, 5.41) is 6.59. The number of pyridine rings is 1. The fraction of sp³-hybridized carbons (Fsp3) is 0.100. The maximum absolute atomic E-state index is 12.1. The highest BCUT2D eigenvalue weighted by atomic mass is 35.5. The molecular weight excluding hydrogens is 350 g/mol. The number of hydrogen-bond acceptors (Lipinski definition) is 4. The van der Waals surface area contributed by atoms with Crippen LogP contribution in [0.25, 0.3) is 0 Å². The van der Waals surface area contributed by atoms with Gasteiger partial charge in [-0.1, -0.05) is 41.9 Å². The second-order valence-corrected chi connectivity index (χ2v) is 6.05. The van der Waals surface area contributed by atoms with Crippen molar-refractivity contribution in [3.05, 3.63) is 77.4 Å². The number of anilines is 3. The summed E-state index contributed by atoms with van der Waals surface area (Å²) in [5.41, 5.74) is 2.45. The van der Waals surface area contributed by atoms with Crippen LogP contribution in [0.3, 0.4) is 0 Å². The number of benzene rings is 2. The summed E-state index contributed by atoms with van der Waals surface area (Å²) in [7, 11) is 1.60. The molecule has 2 aromatic carbocycles. The highest BCUT2D eigenvalue weighted by molar-refractivity contribution is 6.31. The van der Waals surface area contributed by atoms with Crippen LogP contribution in [0.2, 0.25) is 5.02 Å². The summed E-state index contributed by atoms with van der Waals surface area (Å²) in [5.74, 6) is 1.06. The Morgan fingerprint density at radius 1 is 1.12 bits per heavy atom. The number of methoxy groups -OCH3 is 1. The van der Waals surface area contributed by atoms with E-state index in [-0.39, 0.29) is 5.91 Å². The Kier molecular flexibility index (Phi) is 5.71. The summed E-state index contributed by atoms with van der Waals surface area (Å²) in [6, 6.07) is 18.5. The van der Waals surface area contributed by atoms with Gasteiger partial charge in [0.15, 0.2) is 0 Å². The molecule has 1 heterocycles.